The van der Waals surface area contributed by atoms with Crippen molar-refractivity contribution in [3.63, 3.8) is 0 Å². The third kappa shape index (κ3) is 3.27. The zero-order chi connectivity index (χ0) is 16.6. The predicted molar refractivity (Wildman–Crippen MR) is 93.8 cm³/mol. The number of nitrogens with one attached hydrogen (secondary N) is 1. The molecule has 23 heavy (non-hydrogen) atoms. The zero-order valence-electron chi connectivity index (χ0n) is 13.9. The Bertz CT molecular complexity index is 731. The third-order valence-electron chi connectivity index (χ3n) is 4.29. The Hall–Kier alpha value is -1.81. The molecule has 1 saturated heterocycles. The van der Waals surface area contributed by atoms with Crippen molar-refractivity contribution in [2.75, 3.05) is 31.1 Å². The van der Waals surface area contributed by atoms with Gasteiger partial charge in [-0.15, -0.1) is 0 Å². The van der Waals surface area contributed by atoms with Crippen molar-refractivity contribution in [3.8, 4) is 0 Å². The highest BCUT2D eigenvalue weighted by Gasteiger charge is 2.30. The van der Waals surface area contributed by atoms with Crippen LogP contribution in [0.5, 0.6) is 0 Å². The van der Waals surface area contributed by atoms with Gasteiger partial charge in [-0.2, -0.15) is 0 Å². The van der Waals surface area contributed by atoms with Gasteiger partial charge in [-0.3, -0.25) is 4.79 Å². The van der Waals surface area contributed by atoms with E-state index < -0.39 is 0 Å². The smallest absolute Gasteiger partial charge is 0.228 e. The van der Waals surface area contributed by atoms with E-state index in [0.29, 0.717) is 0 Å². The van der Waals surface area contributed by atoms with Crippen LogP contribution in [0.4, 0.5) is 5.69 Å². The van der Waals surface area contributed by atoms with E-state index >= 15 is 0 Å². The lowest BCUT2D eigenvalue weighted by Crippen LogP contribution is -2.51. The minimum atomic E-state index is -0.312. The van der Waals surface area contributed by atoms with Gasteiger partial charge in [0.1, 0.15) is 0 Å². The molecular formula is C18H23ClN3O+. The van der Waals surface area contributed by atoms with Crippen LogP contribution in [0.15, 0.2) is 30.5 Å². The maximum Gasteiger partial charge on any atom is 0.228 e. The van der Waals surface area contributed by atoms with Crippen molar-refractivity contribution in [1.82, 2.24) is 4.90 Å². The van der Waals surface area contributed by atoms with Gasteiger partial charge in [-0.1, -0.05) is 32.4 Å². The van der Waals surface area contributed by atoms with Crippen LogP contribution in [0.3, 0.4) is 0 Å². The van der Waals surface area contributed by atoms with Gasteiger partial charge >= 0.3 is 0 Å². The molecule has 4 nitrogen and oxygen atoms in total. The van der Waals surface area contributed by atoms with Crippen molar-refractivity contribution < 1.29 is 9.78 Å². The van der Waals surface area contributed by atoms with E-state index in [9.17, 15) is 4.79 Å². The normalized spacial score (nSPS) is 16.0. The van der Waals surface area contributed by atoms with Crippen LogP contribution in [0.1, 0.15) is 20.8 Å². The molecule has 0 spiro atoms. The van der Waals surface area contributed by atoms with Gasteiger partial charge in [0.15, 0.2) is 6.20 Å². The van der Waals surface area contributed by atoms with E-state index in [1.807, 2.05) is 44.0 Å². The number of carbonyl (C=O) groups excluding carboxylic acids is 1. The second-order valence-electron chi connectivity index (χ2n) is 7.08. The topological polar surface area (TPSA) is 37.7 Å². The maximum absolute atomic E-state index is 12.4. The summed E-state index contributed by atoms with van der Waals surface area (Å²) < 4.78 is 0. The van der Waals surface area contributed by atoms with Crippen molar-refractivity contribution in [2.24, 2.45) is 5.41 Å². The maximum atomic E-state index is 12.4. The monoisotopic (exact) mass is 332 g/mol. The van der Waals surface area contributed by atoms with Gasteiger partial charge in [0, 0.05) is 48.7 Å². The molecule has 0 unspecified atom stereocenters. The molecule has 122 valence electrons. The lowest BCUT2D eigenvalue weighted by Gasteiger charge is -2.38. The number of rotatable bonds is 1. The predicted octanol–water partition coefficient (Wildman–Crippen LogP) is 3.00. The largest absolute Gasteiger partial charge is 0.367 e. The molecule has 0 bridgehead atoms. The number of hydrogen-bond donors (Lipinski definition) is 0. The second-order valence-corrected chi connectivity index (χ2v) is 7.52. The first-order chi connectivity index (χ1) is 10.9. The molecule has 1 aliphatic rings. The molecular weight excluding hydrogens is 310 g/mol. The Morgan fingerprint density at radius 2 is 1.83 bits per heavy atom. The summed E-state index contributed by atoms with van der Waals surface area (Å²) in [6.45, 7) is 9.17. The number of amides is 1. The van der Waals surface area contributed by atoms with Gasteiger partial charge < -0.3 is 9.80 Å². The van der Waals surface area contributed by atoms with Crippen molar-refractivity contribution in [2.45, 2.75) is 20.8 Å². The number of halogens is 1. The molecule has 1 N–H and O–H groups in total. The SMILES string of the molecule is CC(C)(C)C(=O)N1CCN(c2cc[nH+]c3cc(Cl)ccc23)CC1. The quantitative estimate of drug-likeness (QED) is 0.805. The molecule has 3 rings (SSSR count). The lowest BCUT2D eigenvalue weighted by atomic mass is 9.94. The number of benzene rings is 1. The molecule has 2 heterocycles. The van der Waals surface area contributed by atoms with Crippen LogP contribution >= 0.6 is 11.6 Å². The number of fused-ring (bicyclic) bond motifs is 1. The van der Waals surface area contributed by atoms with E-state index in [2.05, 4.69) is 22.0 Å². The van der Waals surface area contributed by atoms with Crippen LogP contribution in [-0.2, 0) is 4.79 Å². The number of aromatic amines is 1. The Balaban J connectivity index is 1.80. The summed E-state index contributed by atoms with van der Waals surface area (Å²) in [5.74, 6) is 0.232. The Labute approximate surface area is 142 Å². The molecule has 1 aromatic carbocycles. The van der Waals surface area contributed by atoms with Crippen molar-refractivity contribution in [3.05, 3.63) is 35.5 Å². The molecule has 1 aliphatic heterocycles. The molecule has 0 radical (unpaired) electrons. The zero-order valence-corrected chi connectivity index (χ0v) is 14.7. The summed E-state index contributed by atoms with van der Waals surface area (Å²) in [6.07, 6.45) is 1.95. The molecule has 0 saturated carbocycles. The number of H-pyrrole nitrogens is 1. The average Bonchev–Trinajstić information content (AvgIpc) is 2.52. The van der Waals surface area contributed by atoms with Gasteiger partial charge in [-0.05, 0) is 12.1 Å². The summed E-state index contributed by atoms with van der Waals surface area (Å²) in [4.78, 5) is 20.0. The van der Waals surface area contributed by atoms with Gasteiger partial charge in [-0.25, -0.2) is 4.98 Å². The summed E-state index contributed by atoms with van der Waals surface area (Å²) >= 11 is 6.08. The fourth-order valence-electron chi connectivity index (χ4n) is 3.06. The molecule has 1 aromatic heterocycles. The first kappa shape index (κ1) is 16.1. The van der Waals surface area contributed by atoms with Gasteiger partial charge in [0.05, 0.1) is 11.1 Å². The molecule has 1 amide bonds. The summed E-state index contributed by atoms with van der Waals surface area (Å²) in [5.41, 5.74) is 1.91. The number of nitrogens with zero attached hydrogens (tertiary/aromatic N) is 2. The Morgan fingerprint density at radius 1 is 1.13 bits per heavy atom. The van der Waals surface area contributed by atoms with E-state index in [1.165, 1.54) is 5.69 Å². The minimum Gasteiger partial charge on any atom is -0.367 e. The standard InChI is InChI=1S/C18H22ClN3O/c1-18(2,3)17(23)22-10-8-21(9-11-22)16-6-7-20-15-12-13(19)4-5-14(15)16/h4-7,12H,8-11H2,1-3H3/p+1. The van der Waals surface area contributed by atoms with Gasteiger partial charge in [0.2, 0.25) is 11.4 Å². The summed E-state index contributed by atoms with van der Waals surface area (Å²) in [5, 5.41) is 1.89. The van der Waals surface area contributed by atoms with E-state index in [4.69, 9.17) is 11.6 Å². The number of aromatic nitrogens is 1. The first-order valence-corrected chi connectivity index (χ1v) is 8.38. The Morgan fingerprint density at radius 3 is 2.48 bits per heavy atom. The van der Waals surface area contributed by atoms with Crippen LogP contribution in [0.2, 0.25) is 5.02 Å². The van der Waals surface area contributed by atoms with Crippen LogP contribution in [0.25, 0.3) is 10.9 Å². The molecule has 5 heteroatoms. The molecule has 1 fully saturated rings. The van der Waals surface area contributed by atoms with Gasteiger partial charge in [0.25, 0.3) is 0 Å². The molecule has 2 aromatic rings. The highest BCUT2D eigenvalue weighted by Crippen LogP contribution is 2.27. The lowest BCUT2D eigenvalue weighted by molar-refractivity contribution is -0.344. The van der Waals surface area contributed by atoms with Crippen molar-refractivity contribution in [1.29, 1.82) is 0 Å². The van der Waals surface area contributed by atoms with Crippen LogP contribution in [-0.4, -0.2) is 37.0 Å². The highest BCUT2D eigenvalue weighted by atomic mass is 35.5. The first-order valence-electron chi connectivity index (χ1n) is 8.00. The molecule has 0 aliphatic carbocycles. The summed E-state index contributed by atoms with van der Waals surface area (Å²) in [6, 6.07) is 8.01. The van der Waals surface area contributed by atoms with Crippen LogP contribution < -0.4 is 9.88 Å². The third-order valence-corrected chi connectivity index (χ3v) is 4.52. The number of pyridine rings is 1. The van der Waals surface area contributed by atoms with E-state index in [0.717, 1.165) is 42.1 Å². The number of anilines is 1. The summed E-state index contributed by atoms with van der Waals surface area (Å²) in [7, 11) is 0. The number of piperazine rings is 1. The highest BCUT2D eigenvalue weighted by molar-refractivity contribution is 6.31. The van der Waals surface area contributed by atoms with E-state index in [-0.39, 0.29) is 11.3 Å². The minimum absolute atomic E-state index is 0.232. The number of hydrogen-bond acceptors (Lipinski definition) is 2. The second kappa shape index (κ2) is 6.00. The number of carbonyl (C=O) groups is 1. The van der Waals surface area contributed by atoms with E-state index in [1.54, 1.807) is 0 Å². The fraction of sp³-hybridized carbons (Fsp3) is 0.444. The Kier molecular flexibility index (Phi) is 4.19. The van der Waals surface area contributed by atoms with Crippen LogP contribution in [0, 0.1) is 5.41 Å². The average molecular weight is 333 g/mol. The molecule has 0 atom stereocenters. The van der Waals surface area contributed by atoms with Crippen molar-refractivity contribution >= 4 is 34.1 Å². The fourth-order valence-corrected chi connectivity index (χ4v) is 3.23.